The molecular weight excluding hydrogens is 279 g/mol. The van der Waals surface area contributed by atoms with Crippen LogP contribution in [0, 0.1) is 0 Å². The van der Waals surface area contributed by atoms with Gasteiger partial charge >= 0.3 is 6.98 Å². The fourth-order valence-electron chi connectivity index (χ4n) is 4.53. The summed E-state index contributed by atoms with van der Waals surface area (Å²) in [6.45, 7) is 0.263. The molecule has 1 saturated carbocycles. The highest BCUT2D eigenvalue weighted by molar-refractivity contribution is 6.74. The largest absolute Gasteiger partial charge is 0.342 e. The number of benzene rings is 3. The second-order valence-electron chi connectivity index (χ2n) is 7.00. The van der Waals surface area contributed by atoms with Crippen LogP contribution in [0.15, 0.2) is 54.6 Å². The van der Waals surface area contributed by atoms with E-state index in [1.807, 2.05) is 0 Å². The van der Waals surface area contributed by atoms with E-state index in [1.165, 1.54) is 52.7 Å². The third kappa shape index (κ3) is 2.19. The smallest absolute Gasteiger partial charge is 0.334 e. The second-order valence-corrected chi connectivity index (χ2v) is 7.00. The Hall–Kier alpha value is -1.84. The van der Waals surface area contributed by atoms with Gasteiger partial charge in [0.1, 0.15) is 0 Å². The maximum atomic E-state index is 3.88. The van der Waals surface area contributed by atoms with Gasteiger partial charge in [0.05, 0.1) is 0 Å². The molecule has 2 N–H and O–H groups in total. The topological polar surface area (TPSA) is 24.1 Å². The molecule has 3 aromatic carbocycles. The molecule has 5 rings (SSSR count). The average Bonchev–Trinajstić information content (AvgIpc) is 3.03. The fourth-order valence-corrected chi connectivity index (χ4v) is 4.53. The van der Waals surface area contributed by atoms with Crippen LogP contribution in [0.2, 0.25) is 0 Å². The molecule has 1 aliphatic heterocycles. The SMILES string of the molecule is c1ccc2c(B3N[C@@H]4CCCC[C@H]4N3)c3ccccc3cc2c1. The van der Waals surface area contributed by atoms with E-state index in [4.69, 9.17) is 0 Å². The van der Waals surface area contributed by atoms with Crippen molar-refractivity contribution in [2.75, 3.05) is 0 Å². The van der Waals surface area contributed by atoms with Gasteiger partial charge in [0, 0.05) is 12.1 Å². The summed E-state index contributed by atoms with van der Waals surface area (Å²) >= 11 is 0. The number of nitrogens with one attached hydrogen (secondary N) is 2. The Morgan fingerprint density at radius 2 is 1.26 bits per heavy atom. The number of fused-ring (bicyclic) bond motifs is 3. The van der Waals surface area contributed by atoms with E-state index in [0.717, 1.165) is 0 Å². The van der Waals surface area contributed by atoms with Crippen LogP contribution in [-0.2, 0) is 0 Å². The Labute approximate surface area is 137 Å². The first-order valence-electron chi connectivity index (χ1n) is 8.83. The molecule has 0 aromatic heterocycles. The molecular formula is C20H21BN2. The normalized spacial score (nSPS) is 24.3. The van der Waals surface area contributed by atoms with Crippen LogP contribution >= 0.6 is 0 Å². The molecule has 1 aliphatic carbocycles. The van der Waals surface area contributed by atoms with Gasteiger partial charge in [0.2, 0.25) is 0 Å². The monoisotopic (exact) mass is 300 g/mol. The molecule has 2 atom stereocenters. The van der Waals surface area contributed by atoms with Gasteiger partial charge in [-0.25, -0.2) is 0 Å². The summed E-state index contributed by atoms with van der Waals surface area (Å²) in [6, 6.07) is 21.2. The molecule has 114 valence electrons. The van der Waals surface area contributed by atoms with Crippen LogP contribution in [0.25, 0.3) is 21.5 Å². The van der Waals surface area contributed by atoms with E-state index < -0.39 is 0 Å². The number of hydrogen-bond acceptors (Lipinski definition) is 2. The van der Waals surface area contributed by atoms with Crippen LogP contribution in [0.3, 0.4) is 0 Å². The van der Waals surface area contributed by atoms with E-state index in [0.29, 0.717) is 12.1 Å². The van der Waals surface area contributed by atoms with Gasteiger partial charge in [0.15, 0.2) is 0 Å². The van der Waals surface area contributed by atoms with Crippen LogP contribution in [0.5, 0.6) is 0 Å². The Kier molecular flexibility index (Phi) is 3.17. The van der Waals surface area contributed by atoms with E-state index in [1.54, 1.807) is 0 Å². The molecule has 23 heavy (non-hydrogen) atoms. The molecule has 1 heterocycles. The maximum Gasteiger partial charge on any atom is 0.342 e. The average molecular weight is 300 g/mol. The molecule has 0 radical (unpaired) electrons. The predicted octanol–water partition coefficient (Wildman–Crippen LogP) is 3.19. The highest BCUT2D eigenvalue weighted by atomic mass is 15.1. The highest BCUT2D eigenvalue weighted by Gasteiger charge is 2.39. The van der Waals surface area contributed by atoms with Gasteiger partial charge in [-0.05, 0) is 45.9 Å². The van der Waals surface area contributed by atoms with Gasteiger partial charge in [-0.2, -0.15) is 0 Å². The van der Waals surface area contributed by atoms with Crippen molar-refractivity contribution in [2.24, 2.45) is 0 Å². The van der Waals surface area contributed by atoms with Crippen molar-refractivity contribution in [2.45, 2.75) is 37.8 Å². The third-order valence-corrected chi connectivity index (χ3v) is 5.63. The fraction of sp³-hybridized carbons (Fsp3) is 0.300. The highest BCUT2D eigenvalue weighted by Crippen LogP contribution is 2.25. The summed E-state index contributed by atoms with van der Waals surface area (Å²) < 4.78 is 0. The quantitative estimate of drug-likeness (QED) is 0.533. The van der Waals surface area contributed by atoms with Crippen molar-refractivity contribution in [3.8, 4) is 0 Å². The zero-order valence-corrected chi connectivity index (χ0v) is 13.3. The van der Waals surface area contributed by atoms with Gasteiger partial charge in [-0.3, -0.25) is 0 Å². The Balaban J connectivity index is 1.72. The molecule has 0 unspecified atom stereocenters. The molecule has 0 amide bonds. The molecule has 2 fully saturated rings. The molecule has 2 aliphatic rings. The van der Waals surface area contributed by atoms with Crippen molar-refractivity contribution >= 4 is 34.0 Å². The predicted molar refractivity (Wildman–Crippen MR) is 99.2 cm³/mol. The van der Waals surface area contributed by atoms with Crippen molar-refractivity contribution in [3.63, 3.8) is 0 Å². The Morgan fingerprint density at radius 1 is 0.739 bits per heavy atom. The van der Waals surface area contributed by atoms with Crippen LogP contribution < -0.4 is 15.9 Å². The van der Waals surface area contributed by atoms with Crippen LogP contribution in [0.1, 0.15) is 25.7 Å². The molecule has 1 saturated heterocycles. The molecule has 2 nitrogen and oxygen atoms in total. The summed E-state index contributed by atoms with van der Waals surface area (Å²) in [6.07, 6.45) is 5.32. The Morgan fingerprint density at radius 3 is 1.83 bits per heavy atom. The molecule has 0 bridgehead atoms. The van der Waals surface area contributed by atoms with Crippen LogP contribution in [0.4, 0.5) is 0 Å². The van der Waals surface area contributed by atoms with Crippen LogP contribution in [-0.4, -0.2) is 19.1 Å². The minimum Gasteiger partial charge on any atom is -0.334 e. The maximum absolute atomic E-state index is 3.88. The first-order chi connectivity index (χ1) is 11.4. The van der Waals surface area contributed by atoms with Gasteiger partial charge in [-0.15, -0.1) is 0 Å². The van der Waals surface area contributed by atoms with Crippen molar-refractivity contribution in [1.82, 2.24) is 10.5 Å². The molecule has 3 aromatic rings. The zero-order valence-electron chi connectivity index (χ0n) is 13.3. The first kappa shape index (κ1) is 13.6. The van der Waals surface area contributed by atoms with E-state index in [9.17, 15) is 0 Å². The standard InChI is InChI=1S/C20H21BN2/c1-3-9-16-14(7-1)13-15-8-2-4-10-17(15)20(16)21-22-18-11-5-6-12-19(18)23-21/h1-4,7-10,13,18-19,22-23H,5-6,11-12H2/t18-,19-/m1/s1. The third-order valence-electron chi connectivity index (χ3n) is 5.63. The summed E-state index contributed by atoms with van der Waals surface area (Å²) in [4.78, 5) is 0. The van der Waals surface area contributed by atoms with Crippen molar-refractivity contribution in [1.29, 1.82) is 0 Å². The summed E-state index contributed by atoms with van der Waals surface area (Å²) in [5, 5.41) is 13.2. The zero-order chi connectivity index (χ0) is 15.2. The van der Waals surface area contributed by atoms with E-state index in [-0.39, 0.29) is 6.98 Å². The van der Waals surface area contributed by atoms with E-state index >= 15 is 0 Å². The number of hydrogen-bond donors (Lipinski definition) is 2. The Bertz CT molecular complexity index is 808. The number of rotatable bonds is 1. The summed E-state index contributed by atoms with van der Waals surface area (Å²) in [5.41, 5.74) is 1.42. The molecule has 0 spiro atoms. The van der Waals surface area contributed by atoms with Crippen molar-refractivity contribution in [3.05, 3.63) is 54.6 Å². The molecule has 3 heteroatoms. The van der Waals surface area contributed by atoms with E-state index in [2.05, 4.69) is 65.1 Å². The lowest BCUT2D eigenvalue weighted by atomic mass is 9.65. The van der Waals surface area contributed by atoms with Crippen molar-refractivity contribution < 1.29 is 0 Å². The summed E-state index contributed by atoms with van der Waals surface area (Å²) in [7, 11) is 0. The van der Waals surface area contributed by atoms with Gasteiger partial charge in [0.25, 0.3) is 0 Å². The van der Waals surface area contributed by atoms with Gasteiger partial charge < -0.3 is 10.5 Å². The lowest BCUT2D eigenvalue weighted by molar-refractivity contribution is 0.374. The summed E-state index contributed by atoms with van der Waals surface area (Å²) in [5.74, 6) is 0. The van der Waals surface area contributed by atoms with Gasteiger partial charge in [-0.1, -0.05) is 61.4 Å². The second kappa shape index (κ2) is 5.36. The lowest BCUT2D eigenvalue weighted by Crippen LogP contribution is -2.50. The lowest BCUT2D eigenvalue weighted by Gasteiger charge is -2.24. The minimum atomic E-state index is 0.263. The first-order valence-corrected chi connectivity index (χ1v) is 8.83. The minimum absolute atomic E-state index is 0.263.